The van der Waals surface area contributed by atoms with Crippen LogP contribution < -0.4 is 5.43 Å². The van der Waals surface area contributed by atoms with Crippen molar-refractivity contribution in [1.29, 1.82) is 0 Å². The second kappa shape index (κ2) is 5.31. The van der Waals surface area contributed by atoms with Crippen LogP contribution in [0.3, 0.4) is 0 Å². The lowest BCUT2D eigenvalue weighted by atomic mass is 10.1. The van der Waals surface area contributed by atoms with Gasteiger partial charge in [-0.2, -0.15) is 10.2 Å². The lowest BCUT2D eigenvalue weighted by molar-refractivity contribution is 0.0950. The average Bonchev–Trinajstić information content (AvgIpc) is 2.99. The first-order chi connectivity index (χ1) is 8.66. The summed E-state index contributed by atoms with van der Waals surface area (Å²) in [5.41, 5.74) is 3.60. The lowest BCUT2D eigenvalue weighted by Crippen LogP contribution is -2.17. The number of furan rings is 1. The molecule has 0 aromatic carbocycles. The Bertz CT molecular complexity index is 540. The number of hydrazone groups is 1. The number of H-pyrrole nitrogens is 1. The summed E-state index contributed by atoms with van der Waals surface area (Å²) in [6.07, 6.45) is 2.96. The summed E-state index contributed by atoms with van der Waals surface area (Å²) >= 11 is 0. The van der Waals surface area contributed by atoms with Gasteiger partial charge in [-0.3, -0.25) is 9.89 Å². The summed E-state index contributed by atoms with van der Waals surface area (Å²) in [4.78, 5) is 11.7. The van der Waals surface area contributed by atoms with Crippen molar-refractivity contribution in [3.8, 4) is 0 Å². The second-order valence-electron chi connectivity index (χ2n) is 4.08. The fourth-order valence-corrected chi connectivity index (χ4v) is 1.33. The Kier molecular flexibility index (Phi) is 3.57. The Balaban J connectivity index is 1.95. The first-order valence-corrected chi connectivity index (χ1v) is 5.59. The highest BCUT2D eigenvalue weighted by Crippen LogP contribution is 2.11. The quantitative estimate of drug-likeness (QED) is 0.638. The average molecular weight is 246 g/mol. The standard InChI is InChI=1S/C12H14N4O2/c1-8(2)10-6-11(15-14-10)12(17)16-13-7-9-4-3-5-18-9/h3-8H,1-2H3,(H,14,15)(H,16,17). The molecule has 2 heterocycles. The summed E-state index contributed by atoms with van der Waals surface area (Å²) in [5.74, 6) is 0.506. The fourth-order valence-electron chi connectivity index (χ4n) is 1.33. The zero-order chi connectivity index (χ0) is 13.0. The SMILES string of the molecule is CC(C)c1cc(C(=O)NN=Cc2ccco2)n[nH]1. The third kappa shape index (κ3) is 2.85. The maximum absolute atomic E-state index is 11.7. The third-order valence-corrected chi connectivity index (χ3v) is 2.35. The number of aromatic amines is 1. The molecular formula is C12H14N4O2. The van der Waals surface area contributed by atoms with Crippen molar-refractivity contribution in [1.82, 2.24) is 15.6 Å². The minimum atomic E-state index is -0.360. The van der Waals surface area contributed by atoms with Crippen LogP contribution in [0.5, 0.6) is 0 Å². The molecule has 0 spiro atoms. The van der Waals surface area contributed by atoms with Gasteiger partial charge in [0.15, 0.2) is 5.69 Å². The molecular weight excluding hydrogens is 232 g/mol. The van der Waals surface area contributed by atoms with Crippen LogP contribution in [-0.2, 0) is 0 Å². The number of nitrogens with one attached hydrogen (secondary N) is 2. The summed E-state index contributed by atoms with van der Waals surface area (Å²) in [7, 11) is 0. The first-order valence-electron chi connectivity index (χ1n) is 5.59. The van der Waals surface area contributed by atoms with Crippen molar-refractivity contribution in [2.24, 2.45) is 5.10 Å². The molecule has 0 aliphatic heterocycles. The number of amides is 1. The van der Waals surface area contributed by atoms with E-state index in [1.807, 2.05) is 13.8 Å². The fraction of sp³-hybridized carbons (Fsp3) is 0.250. The van der Waals surface area contributed by atoms with E-state index in [1.54, 1.807) is 18.2 Å². The van der Waals surface area contributed by atoms with Crippen molar-refractivity contribution < 1.29 is 9.21 Å². The van der Waals surface area contributed by atoms with Crippen molar-refractivity contribution in [2.75, 3.05) is 0 Å². The Hall–Kier alpha value is -2.37. The van der Waals surface area contributed by atoms with Crippen LogP contribution in [-0.4, -0.2) is 22.3 Å². The van der Waals surface area contributed by atoms with Gasteiger partial charge in [0, 0.05) is 5.69 Å². The summed E-state index contributed by atoms with van der Waals surface area (Å²) < 4.78 is 5.03. The van der Waals surface area contributed by atoms with Crippen LogP contribution in [0.4, 0.5) is 0 Å². The molecule has 0 aliphatic rings. The predicted molar refractivity (Wildman–Crippen MR) is 66.4 cm³/mol. The molecule has 2 rings (SSSR count). The molecule has 0 saturated carbocycles. The second-order valence-corrected chi connectivity index (χ2v) is 4.08. The normalized spacial score (nSPS) is 11.3. The molecule has 18 heavy (non-hydrogen) atoms. The minimum absolute atomic E-state index is 0.297. The van der Waals surface area contributed by atoms with Gasteiger partial charge in [0.05, 0.1) is 12.5 Å². The molecule has 2 N–H and O–H groups in total. The molecule has 1 amide bonds. The molecule has 0 bridgehead atoms. The van der Waals surface area contributed by atoms with Gasteiger partial charge in [-0.1, -0.05) is 13.8 Å². The maximum atomic E-state index is 11.7. The molecule has 2 aromatic rings. The van der Waals surface area contributed by atoms with E-state index in [9.17, 15) is 4.79 Å². The first kappa shape index (κ1) is 12.1. The zero-order valence-corrected chi connectivity index (χ0v) is 10.2. The monoisotopic (exact) mass is 246 g/mol. The van der Waals surface area contributed by atoms with Crippen LogP contribution in [0.2, 0.25) is 0 Å². The van der Waals surface area contributed by atoms with E-state index in [-0.39, 0.29) is 5.91 Å². The van der Waals surface area contributed by atoms with Crippen LogP contribution in [0.1, 0.15) is 41.7 Å². The molecule has 6 heteroatoms. The number of aromatic nitrogens is 2. The van der Waals surface area contributed by atoms with E-state index in [4.69, 9.17) is 4.42 Å². The number of carbonyl (C=O) groups is 1. The molecule has 0 fully saturated rings. The highest BCUT2D eigenvalue weighted by atomic mass is 16.3. The van der Waals surface area contributed by atoms with Crippen molar-refractivity contribution in [2.45, 2.75) is 19.8 Å². The highest BCUT2D eigenvalue weighted by molar-refractivity contribution is 5.92. The van der Waals surface area contributed by atoms with E-state index in [2.05, 4.69) is 20.7 Å². The third-order valence-electron chi connectivity index (χ3n) is 2.35. The number of hydrogen-bond donors (Lipinski definition) is 2. The topological polar surface area (TPSA) is 83.3 Å². The van der Waals surface area contributed by atoms with Gasteiger partial charge in [0.2, 0.25) is 0 Å². The molecule has 2 aromatic heterocycles. The highest BCUT2D eigenvalue weighted by Gasteiger charge is 2.11. The molecule has 0 unspecified atom stereocenters. The van der Waals surface area contributed by atoms with E-state index >= 15 is 0 Å². The Morgan fingerprint density at radius 3 is 3.06 bits per heavy atom. The number of hydrogen-bond acceptors (Lipinski definition) is 4. The lowest BCUT2D eigenvalue weighted by Gasteiger charge is -1.96. The molecule has 0 atom stereocenters. The number of nitrogens with zero attached hydrogens (tertiary/aromatic N) is 2. The van der Waals surface area contributed by atoms with Gasteiger partial charge in [0.25, 0.3) is 5.91 Å². The van der Waals surface area contributed by atoms with E-state index in [0.29, 0.717) is 17.4 Å². The molecule has 94 valence electrons. The molecule has 0 radical (unpaired) electrons. The van der Waals surface area contributed by atoms with Crippen molar-refractivity contribution in [3.63, 3.8) is 0 Å². The van der Waals surface area contributed by atoms with Crippen LogP contribution >= 0.6 is 0 Å². The summed E-state index contributed by atoms with van der Waals surface area (Å²) in [5, 5.41) is 10.5. The van der Waals surface area contributed by atoms with Crippen molar-refractivity contribution >= 4 is 12.1 Å². The summed E-state index contributed by atoms with van der Waals surface area (Å²) in [6, 6.07) is 5.19. The molecule has 0 saturated heterocycles. The van der Waals surface area contributed by atoms with Crippen LogP contribution in [0.15, 0.2) is 34.0 Å². The Morgan fingerprint density at radius 1 is 1.61 bits per heavy atom. The number of carbonyl (C=O) groups excluding carboxylic acids is 1. The zero-order valence-electron chi connectivity index (χ0n) is 10.2. The van der Waals surface area contributed by atoms with Crippen LogP contribution in [0, 0.1) is 0 Å². The van der Waals surface area contributed by atoms with Crippen molar-refractivity contribution in [3.05, 3.63) is 41.6 Å². The minimum Gasteiger partial charge on any atom is -0.463 e. The largest absolute Gasteiger partial charge is 0.463 e. The van der Waals surface area contributed by atoms with Gasteiger partial charge >= 0.3 is 0 Å². The predicted octanol–water partition coefficient (Wildman–Crippen LogP) is 1.89. The Labute approximate surface area is 104 Å². The maximum Gasteiger partial charge on any atom is 0.291 e. The number of rotatable bonds is 4. The van der Waals surface area contributed by atoms with E-state index in [0.717, 1.165) is 5.69 Å². The van der Waals surface area contributed by atoms with Gasteiger partial charge in [0.1, 0.15) is 5.76 Å². The van der Waals surface area contributed by atoms with E-state index in [1.165, 1.54) is 12.5 Å². The van der Waals surface area contributed by atoms with Gasteiger partial charge in [-0.25, -0.2) is 5.43 Å². The smallest absolute Gasteiger partial charge is 0.291 e. The summed E-state index contributed by atoms with van der Waals surface area (Å²) in [6.45, 7) is 4.04. The molecule has 0 aliphatic carbocycles. The van der Waals surface area contributed by atoms with E-state index < -0.39 is 0 Å². The van der Waals surface area contributed by atoms with Gasteiger partial charge < -0.3 is 4.42 Å². The van der Waals surface area contributed by atoms with Gasteiger partial charge in [-0.15, -0.1) is 0 Å². The van der Waals surface area contributed by atoms with Gasteiger partial charge in [-0.05, 0) is 24.1 Å². The van der Waals surface area contributed by atoms with Crippen LogP contribution in [0.25, 0.3) is 0 Å². The molecule has 6 nitrogen and oxygen atoms in total. The Morgan fingerprint density at radius 2 is 2.44 bits per heavy atom.